The van der Waals surface area contributed by atoms with Gasteiger partial charge >= 0.3 is 0 Å². The lowest BCUT2D eigenvalue weighted by Crippen LogP contribution is -2.39. The van der Waals surface area contributed by atoms with Gasteiger partial charge in [0.1, 0.15) is 11.6 Å². The molecule has 0 bridgehead atoms. The minimum Gasteiger partial charge on any atom is -0.467 e. The first kappa shape index (κ1) is 17.7. The summed E-state index contributed by atoms with van der Waals surface area (Å²) in [7, 11) is 3.43. The summed E-state index contributed by atoms with van der Waals surface area (Å²) in [4.78, 5) is 31.5. The fourth-order valence-electron chi connectivity index (χ4n) is 2.16. The lowest BCUT2D eigenvalue weighted by Gasteiger charge is -2.20. The van der Waals surface area contributed by atoms with Crippen molar-refractivity contribution in [1.82, 2.24) is 14.8 Å². The van der Waals surface area contributed by atoms with Crippen molar-refractivity contribution in [3.63, 3.8) is 0 Å². The van der Waals surface area contributed by atoms with Gasteiger partial charge in [0.25, 0.3) is 0 Å². The summed E-state index contributed by atoms with van der Waals surface area (Å²) in [5.74, 6) is 0.930. The Morgan fingerprint density at radius 3 is 2.71 bits per heavy atom. The molecule has 2 heterocycles. The number of carbonyl (C=O) groups excluding carboxylic acids is 2. The van der Waals surface area contributed by atoms with E-state index < -0.39 is 0 Å². The third-order valence-electron chi connectivity index (χ3n) is 3.40. The SMILES string of the molecule is Cc1ccnc(NC(=O)CN(C)CC(=O)N(C)Cc2ccco2)c1. The molecule has 0 saturated carbocycles. The second-order valence-corrected chi connectivity index (χ2v) is 5.77. The lowest BCUT2D eigenvalue weighted by atomic mass is 10.3. The molecule has 24 heavy (non-hydrogen) atoms. The number of pyridine rings is 1. The molecular weight excluding hydrogens is 308 g/mol. The minimum absolute atomic E-state index is 0.0876. The molecule has 0 saturated heterocycles. The van der Waals surface area contributed by atoms with Crippen LogP contribution in [0, 0.1) is 6.92 Å². The molecule has 0 unspecified atom stereocenters. The second-order valence-electron chi connectivity index (χ2n) is 5.77. The quantitative estimate of drug-likeness (QED) is 0.832. The molecule has 0 spiro atoms. The topological polar surface area (TPSA) is 78.7 Å². The molecule has 0 aliphatic rings. The summed E-state index contributed by atoms with van der Waals surface area (Å²) in [6.07, 6.45) is 3.21. The first-order valence-electron chi connectivity index (χ1n) is 7.61. The Bertz CT molecular complexity index is 685. The van der Waals surface area contributed by atoms with Crippen molar-refractivity contribution in [2.24, 2.45) is 0 Å². The van der Waals surface area contributed by atoms with E-state index in [2.05, 4.69) is 10.3 Å². The van der Waals surface area contributed by atoms with Crippen molar-refractivity contribution in [3.05, 3.63) is 48.0 Å². The van der Waals surface area contributed by atoms with E-state index in [1.807, 2.05) is 19.1 Å². The summed E-state index contributed by atoms with van der Waals surface area (Å²) in [5.41, 5.74) is 1.02. The molecule has 0 aliphatic carbocycles. The van der Waals surface area contributed by atoms with Gasteiger partial charge in [-0.2, -0.15) is 0 Å². The number of amides is 2. The monoisotopic (exact) mass is 330 g/mol. The van der Waals surface area contributed by atoms with E-state index in [0.29, 0.717) is 12.4 Å². The third kappa shape index (κ3) is 5.51. The Hall–Kier alpha value is -2.67. The lowest BCUT2D eigenvalue weighted by molar-refractivity contribution is -0.131. The van der Waals surface area contributed by atoms with Gasteiger partial charge < -0.3 is 14.6 Å². The Morgan fingerprint density at radius 1 is 1.25 bits per heavy atom. The number of hydrogen-bond donors (Lipinski definition) is 1. The highest BCUT2D eigenvalue weighted by Gasteiger charge is 2.15. The molecule has 0 atom stereocenters. The predicted octanol–water partition coefficient (Wildman–Crippen LogP) is 1.51. The van der Waals surface area contributed by atoms with Gasteiger partial charge in [0.2, 0.25) is 11.8 Å². The van der Waals surface area contributed by atoms with Crippen molar-refractivity contribution in [2.75, 3.05) is 32.5 Å². The Labute approximate surface area is 141 Å². The molecule has 7 heteroatoms. The highest BCUT2D eigenvalue weighted by atomic mass is 16.3. The van der Waals surface area contributed by atoms with E-state index >= 15 is 0 Å². The molecule has 0 radical (unpaired) electrons. The number of likely N-dealkylation sites (N-methyl/N-ethyl adjacent to an activating group) is 2. The Balaban J connectivity index is 1.78. The van der Waals surface area contributed by atoms with Gasteiger partial charge in [0.15, 0.2) is 0 Å². The summed E-state index contributed by atoms with van der Waals surface area (Å²) >= 11 is 0. The number of nitrogens with zero attached hydrogens (tertiary/aromatic N) is 3. The zero-order valence-corrected chi connectivity index (χ0v) is 14.2. The van der Waals surface area contributed by atoms with Crippen LogP contribution in [0.3, 0.4) is 0 Å². The molecule has 2 aromatic heterocycles. The van der Waals surface area contributed by atoms with Crippen LogP contribution < -0.4 is 5.32 Å². The maximum absolute atomic E-state index is 12.2. The molecule has 1 N–H and O–H groups in total. The van der Waals surface area contributed by atoms with E-state index in [1.54, 1.807) is 48.5 Å². The molecule has 2 aromatic rings. The van der Waals surface area contributed by atoms with Crippen molar-refractivity contribution in [3.8, 4) is 0 Å². The number of hydrogen-bond acceptors (Lipinski definition) is 5. The zero-order valence-electron chi connectivity index (χ0n) is 14.2. The molecule has 0 aliphatic heterocycles. The third-order valence-corrected chi connectivity index (χ3v) is 3.40. The standard InChI is InChI=1S/C17H22N4O3/c1-13-6-7-18-15(9-13)19-16(22)11-20(2)12-17(23)21(3)10-14-5-4-8-24-14/h4-9H,10-12H2,1-3H3,(H,18,19,22). The van der Waals surface area contributed by atoms with Crippen molar-refractivity contribution >= 4 is 17.6 Å². The maximum atomic E-state index is 12.2. The normalized spacial score (nSPS) is 10.7. The van der Waals surface area contributed by atoms with Crippen LogP contribution >= 0.6 is 0 Å². The maximum Gasteiger partial charge on any atom is 0.239 e. The summed E-state index contributed by atoms with van der Waals surface area (Å²) in [6, 6.07) is 7.24. The van der Waals surface area contributed by atoms with Gasteiger partial charge in [-0.1, -0.05) is 0 Å². The Kier molecular flexibility index (Phi) is 6.08. The smallest absolute Gasteiger partial charge is 0.239 e. The number of carbonyl (C=O) groups is 2. The van der Waals surface area contributed by atoms with Crippen LogP contribution in [0.2, 0.25) is 0 Å². The molecule has 2 amide bonds. The Morgan fingerprint density at radius 2 is 2.04 bits per heavy atom. The summed E-state index contributed by atoms with van der Waals surface area (Å²) < 4.78 is 5.22. The molecule has 0 aromatic carbocycles. The van der Waals surface area contributed by atoms with Crippen LogP contribution in [0.4, 0.5) is 5.82 Å². The van der Waals surface area contributed by atoms with Gasteiger partial charge in [-0.15, -0.1) is 0 Å². The fraction of sp³-hybridized carbons (Fsp3) is 0.353. The van der Waals surface area contributed by atoms with E-state index in [0.717, 1.165) is 11.3 Å². The number of rotatable bonds is 7. The summed E-state index contributed by atoms with van der Waals surface area (Å²) in [5, 5.41) is 2.72. The highest BCUT2D eigenvalue weighted by Crippen LogP contribution is 2.06. The van der Waals surface area contributed by atoms with E-state index in [9.17, 15) is 9.59 Å². The predicted molar refractivity (Wildman–Crippen MR) is 90.3 cm³/mol. The number of aryl methyl sites for hydroxylation is 1. The van der Waals surface area contributed by atoms with Crippen molar-refractivity contribution in [1.29, 1.82) is 0 Å². The number of nitrogens with one attached hydrogen (secondary N) is 1. The van der Waals surface area contributed by atoms with Gasteiger partial charge in [-0.3, -0.25) is 14.5 Å². The van der Waals surface area contributed by atoms with Crippen LogP contribution in [0.15, 0.2) is 41.1 Å². The number of furan rings is 1. The molecule has 7 nitrogen and oxygen atoms in total. The van der Waals surface area contributed by atoms with Crippen LogP contribution in [0.1, 0.15) is 11.3 Å². The van der Waals surface area contributed by atoms with Crippen molar-refractivity contribution < 1.29 is 14.0 Å². The van der Waals surface area contributed by atoms with Crippen LogP contribution in [-0.2, 0) is 16.1 Å². The summed E-state index contributed by atoms with van der Waals surface area (Å²) in [6.45, 7) is 2.58. The van der Waals surface area contributed by atoms with Gasteiger partial charge in [0.05, 0.1) is 25.9 Å². The highest BCUT2D eigenvalue weighted by molar-refractivity contribution is 5.91. The number of anilines is 1. The molecular formula is C17H22N4O3. The zero-order chi connectivity index (χ0) is 17.5. The molecule has 128 valence electrons. The van der Waals surface area contributed by atoms with Crippen LogP contribution in [0.25, 0.3) is 0 Å². The van der Waals surface area contributed by atoms with Crippen molar-refractivity contribution in [2.45, 2.75) is 13.5 Å². The second kappa shape index (κ2) is 8.26. The number of aromatic nitrogens is 1. The van der Waals surface area contributed by atoms with E-state index in [1.165, 1.54) is 0 Å². The van der Waals surface area contributed by atoms with Gasteiger partial charge in [-0.25, -0.2) is 4.98 Å². The molecule has 0 fully saturated rings. The first-order valence-corrected chi connectivity index (χ1v) is 7.61. The van der Waals surface area contributed by atoms with Gasteiger partial charge in [0, 0.05) is 13.2 Å². The first-order chi connectivity index (χ1) is 11.4. The average Bonchev–Trinajstić information content (AvgIpc) is 2.99. The van der Waals surface area contributed by atoms with Gasteiger partial charge in [-0.05, 0) is 43.8 Å². The molecule has 2 rings (SSSR count). The average molecular weight is 330 g/mol. The largest absolute Gasteiger partial charge is 0.467 e. The van der Waals surface area contributed by atoms with E-state index in [4.69, 9.17) is 4.42 Å². The van der Waals surface area contributed by atoms with Crippen LogP contribution in [0.5, 0.6) is 0 Å². The van der Waals surface area contributed by atoms with Crippen LogP contribution in [-0.4, -0.2) is 53.8 Å². The minimum atomic E-state index is -0.211. The fourth-order valence-corrected chi connectivity index (χ4v) is 2.16. The van der Waals surface area contributed by atoms with E-state index in [-0.39, 0.29) is 24.9 Å².